The van der Waals surface area contributed by atoms with Crippen LogP contribution in [0.2, 0.25) is 0 Å². The van der Waals surface area contributed by atoms with Gasteiger partial charge >= 0.3 is 0 Å². The van der Waals surface area contributed by atoms with Crippen LogP contribution >= 0.6 is 0 Å². The molecule has 0 spiro atoms. The van der Waals surface area contributed by atoms with E-state index in [-0.39, 0.29) is 17.3 Å². The third-order valence-electron chi connectivity index (χ3n) is 3.74. The van der Waals surface area contributed by atoms with Crippen molar-refractivity contribution in [2.24, 2.45) is 0 Å². The molecule has 0 unspecified atom stereocenters. The van der Waals surface area contributed by atoms with Crippen LogP contribution in [0.25, 0.3) is 0 Å². The van der Waals surface area contributed by atoms with E-state index < -0.39 is 10.0 Å². The minimum Gasteiger partial charge on any atom is -0.315 e. The van der Waals surface area contributed by atoms with Crippen LogP contribution in [0, 0.1) is 0 Å². The topological polar surface area (TPSA) is 66.5 Å². The zero-order valence-corrected chi connectivity index (χ0v) is 12.9. The van der Waals surface area contributed by atoms with Gasteiger partial charge in [-0.1, -0.05) is 30.3 Å². The lowest BCUT2D eigenvalue weighted by Gasteiger charge is -2.11. The molecule has 0 saturated carbocycles. The second-order valence-electron chi connectivity index (χ2n) is 5.23. The van der Waals surface area contributed by atoms with Crippen molar-refractivity contribution in [2.75, 3.05) is 11.9 Å². The molecule has 0 radical (unpaired) electrons. The number of sulfonamides is 1. The van der Waals surface area contributed by atoms with Gasteiger partial charge in [-0.15, -0.1) is 0 Å². The molecule has 0 fully saturated rings. The van der Waals surface area contributed by atoms with Crippen molar-refractivity contribution in [3.8, 4) is 0 Å². The molecular formula is C16H16N2O3S. The third-order valence-corrected chi connectivity index (χ3v) is 5.16. The van der Waals surface area contributed by atoms with Crippen LogP contribution in [0.3, 0.4) is 0 Å². The molecule has 2 aromatic rings. The molecule has 1 amide bonds. The minimum absolute atomic E-state index is 0.0528. The van der Waals surface area contributed by atoms with E-state index in [0.29, 0.717) is 6.42 Å². The average molecular weight is 316 g/mol. The van der Waals surface area contributed by atoms with Gasteiger partial charge in [0.25, 0.3) is 0 Å². The number of hydrogen-bond acceptors (Lipinski definition) is 3. The Bertz CT molecular complexity index is 817. The van der Waals surface area contributed by atoms with Crippen molar-refractivity contribution in [1.82, 2.24) is 4.72 Å². The molecule has 2 aromatic carbocycles. The summed E-state index contributed by atoms with van der Waals surface area (Å²) in [7, 11) is -1.78. The van der Waals surface area contributed by atoms with Gasteiger partial charge in [-0.2, -0.15) is 0 Å². The van der Waals surface area contributed by atoms with Crippen molar-refractivity contribution in [2.45, 2.75) is 17.9 Å². The Morgan fingerprint density at radius 3 is 2.59 bits per heavy atom. The standard InChI is InChI=1S/C16H16N2O3S/c1-18-15-8-7-12(9-13(15)10-16(18)19)11-17-22(20,21)14-5-3-2-4-6-14/h2-9,17H,10-11H2,1H3. The van der Waals surface area contributed by atoms with Gasteiger partial charge in [0.05, 0.1) is 11.3 Å². The van der Waals surface area contributed by atoms with E-state index in [1.54, 1.807) is 42.3 Å². The van der Waals surface area contributed by atoms with Crippen LogP contribution in [0.4, 0.5) is 5.69 Å². The molecule has 6 heteroatoms. The number of benzene rings is 2. The van der Waals surface area contributed by atoms with Crippen LogP contribution in [-0.2, 0) is 27.8 Å². The number of nitrogens with zero attached hydrogens (tertiary/aromatic N) is 1. The summed E-state index contributed by atoms with van der Waals surface area (Å²) in [5.41, 5.74) is 2.66. The molecule has 0 aliphatic carbocycles. The summed E-state index contributed by atoms with van der Waals surface area (Å²) in [5, 5.41) is 0. The predicted octanol–water partition coefficient (Wildman–Crippen LogP) is 1.68. The molecular weight excluding hydrogens is 300 g/mol. The van der Waals surface area contributed by atoms with Crippen molar-refractivity contribution < 1.29 is 13.2 Å². The van der Waals surface area contributed by atoms with Crippen LogP contribution in [0.15, 0.2) is 53.4 Å². The van der Waals surface area contributed by atoms with Crippen LogP contribution in [-0.4, -0.2) is 21.4 Å². The third kappa shape index (κ3) is 2.75. The van der Waals surface area contributed by atoms with Gasteiger partial charge in [0.1, 0.15) is 0 Å². The summed E-state index contributed by atoms with van der Waals surface area (Å²) < 4.78 is 26.9. The zero-order valence-electron chi connectivity index (χ0n) is 12.1. The lowest BCUT2D eigenvalue weighted by molar-refractivity contribution is -0.117. The summed E-state index contributed by atoms with van der Waals surface area (Å²) in [4.78, 5) is 13.5. The first kappa shape index (κ1) is 14.7. The van der Waals surface area contributed by atoms with Gasteiger partial charge in [0.15, 0.2) is 0 Å². The summed E-state index contributed by atoms with van der Waals surface area (Å²) >= 11 is 0. The lowest BCUT2D eigenvalue weighted by Crippen LogP contribution is -2.23. The molecule has 1 N–H and O–H groups in total. The maximum atomic E-state index is 12.2. The molecule has 0 aromatic heterocycles. The first-order chi connectivity index (χ1) is 10.5. The highest BCUT2D eigenvalue weighted by atomic mass is 32.2. The Morgan fingerprint density at radius 1 is 1.14 bits per heavy atom. The number of carbonyl (C=O) groups excluding carboxylic acids is 1. The van der Waals surface area contributed by atoms with Gasteiger partial charge < -0.3 is 4.90 Å². The highest BCUT2D eigenvalue weighted by Gasteiger charge is 2.24. The first-order valence-corrected chi connectivity index (χ1v) is 8.39. The molecule has 1 aliphatic heterocycles. The van der Waals surface area contributed by atoms with E-state index in [2.05, 4.69) is 4.72 Å². The van der Waals surface area contributed by atoms with Crippen LogP contribution < -0.4 is 9.62 Å². The summed E-state index contributed by atoms with van der Waals surface area (Å²) in [6.45, 7) is 0.197. The monoisotopic (exact) mass is 316 g/mol. The van der Waals surface area contributed by atoms with Crippen molar-refractivity contribution in [3.05, 3.63) is 59.7 Å². The van der Waals surface area contributed by atoms with Gasteiger partial charge in [-0.3, -0.25) is 4.79 Å². The smallest absolute Gasteiger partial charge is 0.240 e. The molecule has 1 aliphatic rings. The Labute approximate surface area is 129 Å². The average Bonchev–Trinajstić information content (AvgIpc) is 2.81. The summed E-state index contributed by atoms with van der Waals surface area (Å²) in [6.07, 6.45) is 0.366. The minimum atomic E-state index is -3.52. The predicted molar refractivity (Wildman–Crippen MR) is 84.0 cm³/mol. The number of carbonyl (C=O) groups is 1. The fourth-order valence-electron chi connectivity index (χ4n) is 2.49. The number of rotatable bonds is 4. The van der Waals surface area contributed by atoms with Crippen molar-refractivity contribution >= 4 is 21.6 Å². The molecule has 0 bridgehead atoms. The van der Waals surface area contributed by atoms with Gasteiger partial charge in [0.2, 0.25) is 15.9 Å². The molecule has 22 heavy (non-hydrogen) atoms. The maximum Gasteiger partial charge on any atom is 0.240 e. The summed E-state index contributed by atoms with van der Waals surface area (Å²) in [5.74, 6) is 0.0528. The van der Waals surface area contributed by atoms with Gasteiger partial charge in [-0.05, 0) is 29.3 Å². The fraction of sp³-hybridized carbons (Fsp3) is 0.188. The maximum absolute atomic E-state index is 12.2. The van der Waals surface area contributed by atoms with E-state index in [0.717, 1.165) is 16.8 Å². The van der Waals surface area contributed by atoms with Crippen molar-refractivity contribution in [3.63, 3.8) is 0 Å². The number of likely N-dealkylation sites (N-methyl/N-ethyl adjacent to an activating group) is 1. The Hall–Kier alpha value is -2.18. The van der Waals surface area contributed by atoms with E-state index >= 15 is 0 Å². The SMILES string of the molecule is CN1C(=O)Cc2cc(CNS(=O)(=O)c3ccccc3)ccc21. The number of anilines is 1. The molecule has 5 nitrogen and oxygen atoms in total. The number of nitrogens with one attached hydrogen (secondary N) is 1. The lowest BCUT2D eigenvalue weighted by atomic mass is 10.1. The quantitative estimate of drug-likeness (QED) is 0.933. The number of hydrogen-bond donors (Lipinski definition) is 1. The van der Waals surface area contributed by atoms with Crippen LogP contribution in [0.1, 0.15) is 11.1 Å². The van der Waals surface area contributed by atoms with E-state index in [9.17, 15) is 13.2 Å². The van der Waals surface area contributed by atoms with E-state index in [1.165, 1.54) is 0 Å². The Balaban J connectivity index is 1.76. The first-order valence-electron chi connectivity index (χ1n) is 6.90. The van der Waals surface area contributed by atoms with Crippen molar-refractivity contribution in [1.29, 1.82) is 0 Å². The van der Waals surface area contributed by atoms with Gasteiger partial charge in [-0.25, -0.2) is 13.1 Å². The number of fused-ring (bicyclic) bond motifs is 1. The fourth-order valence-corrected chi connectivity index (χ4v) is 3.53. The normalized spacial score (nSPS) is 14.2. The second kappa shape index (κ2) is 5.55. The molecule has 114 valence electrons. The highest BCUT2D eigenvalue weighted by Crippen LogP contribution is 2.28. The zero-order chi connectivity index (χ0) is 15.7. The molecule has 0 saturated heterocycles. The second-order valence-corrected chi connectivity index (χ2v) is 7.00. The highest BCUT2D eigenvalue weighted by molar-refractivity contribution is 7.89. The van der Waals surface area contributed by atoms with Gasteiger partial charge in [0, 0.05) is 19.3 Å². The molecule has 1 heterocycles. The largest absolute Gasteiger partial charge is 0.315 e. The van der Waals surface area contributed by atoms with E-state index in [4.69, 9.17) is 0 Å². The van der Waals surface area contributed by atoms with Crippen LogP contribution in [0.5, 0.6) is 0 Å². The molecule has 0 atom stereocenters. The number of amides is 1. The Morgan fingerprint density at radius 2 is 1.86 bits per heavy atom. The molecule has 3 rings (SSSR count). The summed E-state index contributed by atoms with van der Waals surface area (Å²) in [6, 6.07) is 13.8. The Kier molecular flexibility index (Phi) is 3.72. The van der Waals surface area contributed by atoms with E-state index in [1.807, 2.05) is 18.2 Å².